The SMILES string of the molecule is O=C(COC(=O)[C@H]1COc2ccccc2O1)Nc1ccc(S(=O)(=O)N2CCCCC2)cc1. The molecule has 0 unspecified atom stereocenters. The lowest BCUT2D eigenvalue weighted by molar-refractivity contribution is -0.156. The Morgan fingerprint density at radius 3 is 2.41 bits per heavy atom. The standard InChI is InChI=1S/C22H24N2O7S/c25-21(15-30-22(26)20-14-29-18-6-2-3-7-19(18)31-20)23-16-8-10-17(11-9-16)32(27,28)24-12-4-1-5-13-24/h2-3,6-11,20H,1,4-5,12-15H2,(H,23,25)/t20-/m1/s1. The first kappa shape index (κ1) is 22.1. The Balaban J connectivity index is 1.27. The number of esters is 1. The summed E-state index contributed by atoms with van der Waals surface area (Å²) >= 11 is 0. The number of rotatable bonds is 6. The number of fused-ring (bicyclic) bond motifs is 1. The number of anilines is 1. The molecule has 1 atom stereocenters. The quantitative estimate of drug-likeness (QED) is 0.658. The molecule has 0 aliphatic carbocycles. The van der Waals surface area contributed by atoms with Crippen LogP contribution in [0, 0.1) is 0 Å². The lowest BCUT2D eigenvalue weighted by Gasteiger charge is -2.25. The number of nitrogens with zero attached hydrogens (tertiary/aromatic N) is 1. The van der Waals surface area contributed by atoms with Crippen molar-refractivity contribution in [3.8, 4) is 11.5 Å². The van der Waals surface area contributed by atoms with Crippen molar-refractivity contribution in [2.45, 2.75) is 30.3 Å². The molecule has 2 heterocycles. The van der Waals surface area contributed by atoms with Gasteiger partial charge in [-0.2, -0.15) is 4.31 Å². The molecule has 0 bridgehead atoms. The van der Waals surface area contributed by atoms with Gasteiger partial charge in [-0.1, -0.05) is 18.6 Å². The summed E-state index contributed by atoms with van der Waals surface area (Å²) in [7, 11) is -3.54. The third kappa shape index (κ3) is 5.03. The first-order valence-electron chi connectivity index (χ1n) is 10.4. The molecule has 0 spiro atoms. The molecule has 4 rings (SSSR count). The smallest absolute Gasteiger partial charge is 0.351 e. The molecule has 0 aromatic heterocycles. The number of amides is 1. The normalized spacial score (nSPS) is 18.6. The molecule has 2 aromatic rings. The van der Waals surface area contributed by atoms with E-state index in [1.807, 2.05) is 0 Å². The van der Waals surface area contributed by atoms with Crippen LogP contribution in [0.5, 0.6) is 11.5 Å². The Labute approximate surface area is 186 Å². The predicted molar refractivity (Wildman–Crippen MR) is 115 cm³/mol. The van der Waals surface area contributed by atoms with Gasteiger partial charge in [-0.25, -0.2) is 13.2 Å². The molecule has 1 fully saturated rings. The van der Waals surface area contributed by atoms with Crippen LogP contribution in [0.4, 0.5) is 5.69 Å². The lowest BCUT2D eigenvalue weighted by Crippen LogP contribution is -2.39. The monoisotopic (exact) mass is 460 g/mol. The van der Waals surface area contributed by atoms with Crippen LogP contribution in [0.2, 0.25) is 0 Å². The highest BCUT2D eigenvalue weighted by molar-refractivity contribution is 7.89. The van der Waals surface area contributed by atoms with E-state index >= 15 is 0 Å². The van der Waals surface area contributed by atoms with E-state index in [0.717, 1.165) is 19.3 Å². The van der Waals surface area contributed by atoms with Crippen molar-refractivity contribution in [2.24, 2.45) is 0 Å². The van der Waals surface area contributed by atoms with Crippen molar-refractivity contribution >= 4 is 27.6 Å². The van der Waals surface area contributed by atoms with Crippen LogP contribution < -0.4 is 14.8 Å². The second-order valence-corrected chi connectivity index (χ2v) is 9.45. The molecule has 32 heavy (non-hydrogen) atoms. The van der Waals surface area contributed by atoms with Gasteiger partial charge in [-0.05, 0) is 49.2 Å². The predicted octanol–water partition coefficient (Wildman–Crippen LogP) is 2.18. The van der Waals surface area contributed by atoms with E-state index in [-0.39, 0.29) is 11.5 Å². The van der Waals surface area contributed by atoms with Crippen LogP contribution in [0.25, 0.3) is 0 Å². The Kier molecular flexibility index (Phi) is 6.61. The maximum absolute atomic E-state index is 12.7. The summed E-state index contributed by atoms with van der Waals surface area (Å²) in [6, 6.07) is 12.9. The highest BCUT2D eigenvalue weighted by Crippen LogP contribution is 2.31. The third-order valence-electron chi connectivity index (χ3n) is 5.21. The number of carbonyl (C=O) groups is 2. The molecule has 10 heteroatoms. The van der Waals surface area contributed by atoms with Gasteiger partial charge in [0, 0.05) is 18.8 Å². The summed E-state index contributed by atoms with van der Waals surface area (Å²) in [5.41, 5.74) is 0.398. The number of carbonyl (C=O) groups excluding carboxylic acids is 2. The van der Waals surface area contributed by atoms with Crippen LogP contribution in [0.1, 0.15) is 19.3 Å². The number of sulfonamides is 1. The Morgan fingerprint density at radius 1 is 1.00 bits per heavy atom. The largest absolute Gasteiger partial charge is 0.485 e. The molecule has 2 aliphatic heterocycles. The van der Waals surface area contributed by atoms with Crippen LogP contribution >= 0.6 is 0 Å². The zero-order valence-electron chi connectivity index (χ0n) is 17.4. The second-order valence-electron chi connectivity index (χ2n) is 7.51. The number of piperidine rings is 1. The summed E-state index contributed by atoms with van der Waals surface area (Å²) in [5, 5.41) is 2.58. The molecule has 9 nitrogen and oxygen atoms in total. The Bertz CT molecular complexity index is 1080. The molecule has 0 radical (unpaired) electrons. The summed E-state index contributed by atoms with van der Waals surface area (Å²) in [5.74, 6) is -0.287. The molecule has 2 aliphatic rings. The summed E-state index contributed by atoms with van der Waals surface area (Å²) in [6.07, 6.45) is 1.79. The third-order valence-corrected chi connectivity index (χ3v) is 7.12. The van der Waals surface area contributed by atoms with Crippen LogP contribution in [-0.4, -0.2) is 57.0 Å². The highest BCUT2D eigenvalue weighted by Gasteiger charge is 2.29. The van der Waals surface area contributed by atoms with E-state index in [4.69, 9.17) is 14.2 Å². The van der Waals surface area contributed by atoms with Crippen molar-refractivity contribution in [1.82, 2.24) is 4.31 Å². The van der Waals surface area contributed by atoms with E-state index in [1.54, 1.807) is 24.3 Å². The maximum atomic E-state index is 12.7. The van der Waals surface area contributed by atoms with Gasteiger partial charge in [-0.15, -0.1) is 0 Å². The highest BCUT2D eigenvalue weighted by atomic mass is 32.2. The average molecular weight is 461 g/mol. The molecule has 1 amide bonds. The number of hydrogen-bond donors (Lipinski definition) is 1. The number of para-hydroxylation sites is 2. The first-order chi connectivity index (χ1) is 15.4. The molecular formula is C22H24N2O7S. The van der Waals surface area contributed by atoms with Crippen molar-refractivity contribution < 1.29 is 32.2 Å². The van der Waals surface area contributed by atoms with E-state index in [1.165, 1.54) is 28.6 Å². The number of ether oxygens (including phenoxy) is 3. The van der Waals surface area contributed by atoms with Crippen molar-refractivity contribution in [3.63, 3.8) is 0 Å². The van der Waals surface area contributed by atoms with Gasteiger partial charge in [0.1, 0.15) is 6.61 Å². The zero-order valence-corrected chi connectivity index (χ0v) is 18.2. The maximum Gasteiger partial charge on any atom is 0.351 e. The molecule has 1 saturated heterocycles. The van der Waals surface area contributed by atoms with Gasteiger partial charge in [0.05, 0.1) is 4.90 Å². The summed E-state index contributed by atoms with van der Waals surface area (Å²) in [4.78, 5) is 24.5. The lowest BCUT2D eigenvalue weighted by atomic mass is 10.2. The van der Waals surface area contributed by atoms with E-state index < -0.39 is 34.6 Å². The van der Waals surface area contributed by atoms with E-state index in [0.29, 0.717) is 30.3 Å². The molecule has 0 saturated carbocycles. The van der Waals surface area contributed by atoms with E-state index in [9.17, 15) is 18.0 Å². The first-order valence-corrected chi connectivity index (χ1v) is 11.8. The van der Waals surface area contributed by atoms with Gasteiger partial charge >= 0.3 is 5.97 Å². The van der Waals surface area contributed by atoms with Gasteiger partial charge in [0.15, 0.2) is 18.1 Å². The second kappa shape index (κ2) is 9.58. The van der Waals surface area contributed by atoms with E-state index in [2.05, 4.69) is 5.32 Å². The van der Waals surface area contributed by atoms with Gasteiger partial charge in [0.2, 0.25) is 16.1 Å². The molecule has 2 aromatic carbocycles. The average Bonchev–Trinajstić information content (AvgIpc) is 2.83. The number of nitrogens with one attached hydrogen (secondary N) is 1. The van der Waals surface area contributed by atoms with Gasteiger partial charge in [-0.3, -0.25) is 4.79 Å². The van der Waals surface area contributed by atoms with Crippen LogP contribution in [0.15, 0.2) is 53.4 Å². The molecule has 1 N–H and O–H groups in total. The Hall–Kier alpha value is -3.11. The van der Waals surface area contributed by atoms with Gasteiger partial charge in [0.25, 0.3) is 5.91 Å². The number of benzene rings is 2. The topological polar surface area (TPSA) is 111 Å². The molecular weight excluding hydrogens is 436 g/mol. The van der Waals surface area contributed by atoms with Crippen LogP contribution in [-0.2, 0) is 24.3 Å². The van der Waals surface area contributed by atoms with Crippen LogP contribution in [0.3, 0.4) is 0 Å². The minimum Gasteiger partial charge on any atom is -0.485 e. The minimum atomic E-state index is -3.54. The summed E-state index contributed by atoms with van der Waals surface area (Å²) < 4.78 is 42.9. The van der Waals surface area contributed by atoms with Crippen molar-refractivity contribution in [2.75, 3.05) is 31.6 Å². The molecule has 170 valence electrons. The summed E-state index contributed by atoms with van der Waals surface area (Å²) in [6.45, 7) is 0.527. The zero-order chi connectivity index (χ0) is 22.6. The fourth-order valence-corrected chi connectivity index (χ4v) is 5.04. The minimum absolute atomic E-state index is 0.00950. The number of hydrogen-bond acceptors (Lipinski definition) is 7. The van der Waals surface area contributed by atoms with Crippen molar-refractivity contribution in [3.05, 3.63) is 48.5 Å². The fourth-order valence-electron chi connectivity index (χ4n) is 3.53. The fraction of sp³-hybridized carbons (Fsp3) is 0.364. The van der Waals surface area contributed by atoms with Crippen molar-refractivity contribution in [1.29, 1.82) is 0 Å². The van der Waals surface area contributed by atoms with Gasteiger partial charge < -0.3 is 19.5 Å². The Morgan fingerprint density at radius 2 is 1.69 bits per heavy atom.